The second kappa shape index (κ2) is 13.0. The van der Waals surface area contributed by atoms with E-state index in [2.05, 4.69) is 60.8 Å². The number of rotatable bonds is 6. The summed E-state index contributed by atoms with van der Waals surface area (Å²) in [6.07, 6.45) is 6.09. The zero-order valence-corrected chi connectivity index (χ0v) is 18.8. The topological polar surface area (TPSA) is 122 Å². The standard InChI is InChI=1S/C21H19N7O2.ClH.Ni/c1-14(25-27-20(29)16-6-4-10-22-12-16)18-8-3-9-19(24-18)15(2)26-28-21(30)17-7-5-11-23-13-17;;/h3-13H,1-2H3,(H,27,29)(H,28,30);1H;/q;;+1/p-1. The maximum atomic E-state index is 12.1. The number of aromatic nitrogens is 3. The van der Waals surface area contributed by atoms with Gasteiger partial charge in [0.15, 0.2) is 0 Å². The van der Waals surface area contributed by atoms with Crippen LogP contribution >= 0.6 is 10.2 Å². The van der Waals surface area contributed by atoms with Crippen LogP contribution in [-0.4, -0.2) is 38.2 Å². The summed E-state index contributed by atoms with van der Waals surface area (Å²) in [5.74, 6) is -0.732. The summed E-state index contributed by atoms with van der Waals surface area (Å²) in [6, 6.07) is 12.0. The van der Waals surface area contributed by atoms with Gasteiger partial charge in [-0.3, -0.25) is 19.6 Å². The second-order valence-electron chi connectivity index (χ2n) is 6.17. The summed E-state index contributed by atoms with van der Waals surface area (Å²) in [5, 5.41) is 8.19. The molecule has 9 nitrogen and oxygen atoms in total. The van der Waals surface area contributed by atoms with Crippen LogP contribution in [0.15, 0.2) is 77.5 Å². The number of nitrogens with zero attached hydrogens (tertiary/aromatic N) is 5. The van der Waals surface area contributed by atoms with Crippen LogP contribution in [0.2, 0.25) is 0 Å². The van der Waals surface area contributed by atoms with Gasteiger partial charge in [-0.15, -0.1) is 0 Å². The first kappa shape index (κ1) is 24.8. The van der Waals surface area contributed by atoms with E-state index in [1.165, 1.54) is 12.4 Å². The minimum absolute atomic E-state index is 0.366. The maximum absolute atomic E-state index is 12.1. The van der Waals surface area contributed by atoms with Gasteiger partial charge in [-0.05, 0) is 50.2 Å². The number of hydrogen-bond acceptors (Lipinski definition) is 7. The number of nitrogens with one attached hydrogen (secondary N) is 2. The normalized spacial score (nSPS) is 11.2. The summed E-state index contributed by atoms with van der Waals surface area (Å²) in [6.45, 7) is 3.46. The SMILES string of the molecule is CC(=NNC(=O)c1cccnc1)c1cccc(C(C)=NNC(=O)c2cccnc2)n1.[Cl][Ni]. The van der Waals surface area contributed by atoms with Crippen molar-refractivity contribution >= 4 is 33.4 Å². The molecule has 0 unspecified atom stereocenters. The van der Waals surface area contributed by atoms with Crippen molar-refractivity contribution in [3.8, 4) is 0 Å². The van der Waals surface area contributed by atoms with Crippen molar-refractivity contribution in [2.75, 3.05) is 0 Å². The molecule has 3 aromatic rings. The van der Waals surface area contributed by atoms with Crippen LogP contribution in [0.4, 0.5) is 0 Å². The Bertz CT molecular complexity index is 1020. The molecule has 3 heterocycles. The molecule has 0 aliphatic carbocycles. The van der Waals surface area contributed by atoms with Crippen molar-refractivity contribution < 1.29 is 24.2 Å². The third-order valence-electron chi connectivity index (χ3n) is 3.99. The summed E-state index contributed by atoms with van der Waals surface area (Å²) in [4.78, 5) is 36.4. The van der Waals surface area contributed by atoms with E-state index >= 15 is 0 Å². The summed E-state index contributed by atoms with van der Waals surface area (Å²) in [7, 11) is 4.26. The average molecular weight is 496 g/mol. The molecule has 0 atom stereocenters. The minimum atomic E-state index is -0.366. The Morgan fingerprint density at radius 3 is 1.59 bits per heavy atom. The zero-order valence-electron chi connectivity index (χ0n) is 17.1. The molecule has 0 saturated heterocycles. The van der Waals surface area contributed by atoms with E-state index in [9.17, 15) is 9.59 Å². The Morgan fingerprint density at radius 1 is 0.781 bits per heavy atom. The summed E-state index contributed by atoms with van der Waals surface area (Å²) in [5.41, 5.74) is 7.93. The van der Waals surface area contributed by atoms with Gasteiger partial charge in [-0.1, -0.05) is 6.07 Å². The molecule has 2 amide bonds. The summed E-state index contributed by atoms with van der Waals surface area (Å²) < 4.78 is 0. The van der Waals surface area contributed by atoms with E-state index in [1.54, 1.807) is 68.7 Å². The van der Waals surface area contributed by atoms with Crippen LogP contribution < -0.4 is 10.9 Å². The summed E-state index contributed by atoms with van der Waals surface area (Å²) >= 11 is 3.35. The molecule has 0 saturated carbocycles. The van der Waals surface area contributed by atoms with Crippen LogP contribution in [0.5, 0.6) is 0 Å². The van der Waals surface area contributed by atoms with E-state index in [1.807, 2.05) is 0 Å². The zero-order chi connectivity index (χ0) is 23.3. The quantitative estimate of drug-likeness (QED) is 0.309. The predicted octanol–water partition coefficient (Wildman–Crippen LogP) is 2.87. The molecule has 0 aliphatic heterocycles. The van der Waals surface area contributed by atoms with Crippen LogP contribution in [0.3, 0.4) is 0 Å². The molecule has 0 radical (unpaired) electrons. The van der Waals surface area contributed by atoms with Crippen molar-refractivity contribution in [2.45, 2.75) is 13.8 Å². The molecule has 0 aromatic carbocycles. The number of hydrogen-bond donors (Lipinski definition) is 2. The molecule has 0 fully saturated rings. The van der Waals surface area contributed by atoms with Gasteiger partial charge in [0.1, 0.15) is 0 Å². The molecule has 3 aromatic heterocycles. The van der Waals surface area contributed by atoms with Crippen molar-refractivity contribution in [1.82, 2.24) is 25.8 Å². The Kier molecular flexibility index (Phi) is 10.1. The number of pyridine rings is 3. The van der Waals surface area contributed by atoms with E-state index < -0.39 is 0 Å². The van der Waals surface area contributed by atoms with Gasteiger partial charge in [-0.25, -0.2) is 15.8 Å². The van der Waals surface area contributed by atoms with E-state index in [4.69, 9.17) is 0 Å². The Morgan fingerprint density at radius 2 is 1.22 bits per heavy atom. The Labute approximate surface area is 197 Å². The molecule has 2 N–H and O–H groups in total. The first-order chi connectivity index (χ1) is 15.5. The first-order valence-corrected chi connectivity index (χ1v) is 10.5. The van der Waals surface area contributed by atoms with Crippen molar-refractivity contribution in [3.05, 3.63) is 89.8 Å². The van der Waals surface area contributed by atoms with Gasteiger partial charge in [0.05, 0.1) is 33.9 Å². The first-order valence-electron chi connectivity index (χ1n) is 9.13. The molecule has 0 spiro atoms. The number of carbonyl (C=O) groups is 2. The van der Waals surface area contributed by atoms with E-state index in [0.717, 1.165) is 0 Å². The molecular formula is C21H19ClN7NiO2. The number of halogens is 1. The van der Waals surface area contributed by atoms with Crippen molar-refractivity contribution in [2.24, 2.45) is 10.2 Å². The van der Waals surface area contributed by atoms with Crippen molar-refractivity contribution in [3.63, 3.8) is 0 Å². The monoisotopic (exact) mass is 494 g/mol. The Balaban J connectivity index is 0.00000176. The van der Waals surface area contributed by atoms with Gasteiger partial charge < -0.3 is 0 Å². The molecule has 11 heteroatoms. The Hall–Kier alpha value is -3.49. The molecule has 167 valence electrons. The molecule has 0 bridgehead atoms. The number of amides is 2. The molecule has 3 rings (SSSR count). The van der Waals surface area contributed by atoms with Crippen LogP contribution in [0.1, 0.15) is 46.0 Å². The van der Waals surface area contributed by atoms with Gasteiger partial charge in [-0.2, -0.15) is 10.2 Å². The molecular weight excluding hydrogens is 476 g/mol. The second-order valence-corrected chi connectivity index (χ2v) is 6.17. The number of hydrazone groups is 2. The van der Waals surface area contributed by atoms with Crippen LogP contribution in [-0.2, 0) is 14.6 Å². The number of carbonyl (C=O) groups excluding carboxylic acids is 2. The molecule has 0 aliphatic rings. The van der Waals surface area contributed by atoms with E-state index in [-0.39, 0.29) is 11.8 Å². The van der Waals surface area contributed by atoms with E-state index in [0.29, 0.717) is 33.9 Å². The van der Waals surface area contributed by atoms with Gasteiger partial charge >= 0.3 is 24.8 Å². The average Bonchev–Trinajstić information content (AvgIpc) is 2.87. The van der Waals surface area contributed by atoms with Crippen molar-refractivity contribution in [1.29, 1.82) is 0 Å². The fraction of sp³-hybridized carbons (Fsp3) is 0.0952. The fourth-order valence-electron chi connectivity index (χ4n) is 2.34. The van der Waals surface area contributed by atoms with Crippen LogP contribution in [0, 0.1) is 0 Å². The van der Waals surface area contributed by atoms with Gasteiger partial charge in [0.2, 0.25) is 0 Å². The third kappa shape index (κ3) is 7.33. The fourth-order valence-corrected chi connectivity index (χ4v) is 2.34. The molecule has 32 heavy (non-hydrogen) atoms. The van der Waals surface area contributed by atoms with Gasteiger partial charge in [0, 0.05) is 24.8 Å². The van der Waals surface area contributed by atoms with Gasteiger partial charge in [0.25, 0.3) is 11.8 Å². The third-order valence-corrected chi connectivity index (χ3v) is 3.99. The predicted molar refractivity (Wildman–Crippen MR) is 118 cm³/mol. The van der Waals surface area contributed by atoms with Crippen LogP contribution in [0.25, 0.3) is 0 Å².